The van der Waals surface area contributed by atoms with Crippen molar-refractivity contribution in [3.63, 3.8) is 0 Å². The predicted molar refractivity (Wildman–Crippen MR) is 51.5 cm³/mol. The highest BCUT2D eigenvalue weighted by Gasteiger charge is 2.01. The normalized spacial score (nSPS) is 12.8. The van der Waals surface area contributed by atoms with E-state index in [1.54, 1.807) is 12.3 Å². The molecule has 0 fully saturated rings. The van der Waals surface area contributed by atoms with E-state index in [9.17, 15) is 4.79 Å². The molecule has 0 aliphatic rings. The molecule has 0 saturated carbocycles. The first-order valence-corrected chi connectivity index (χ1v) is 4.50. The van der Waals surface area contributed by atoms with Crippen LogP contribution in [0.1, 0.15) is 6.92 Å². The molecule has 1 aromatic heterocycles. The zero-order valence-electron chi connectivity index (χ0n) is 6.97. The maximum Gasteiger partial charge on any atom is 0.266 e. The number of rotatable bonds is 3. The number of hydrogen-bond donors (Lipinski definition) is 1. The lowest BCUT2D eigenvalue weighted by Gasteiger charge is -2.07. The van der Waals surface area contributed by atoms with Crippen molar-refractivity contribution in [1.29, 1.82) is 0 Å². The second-order valence-corrected chi connectivity index (χ2v) is 3.20. The smallest absolute Gasteiger partial charge is 0.266 e. The van der Waals surface area contributed by atoms with Crippen LogP contribution in [0.3, 0.4) is 0 Å². The van der Waals surface area contributed by atoms with Gasteiger partial charge in [0.25, 0.3) is 5.56 Å². The van der Waals surface area contributed by atoms with Crippen molar-refractivity contribution in [2.75, 3.05) is 5.75 Å². The zero-order valence-corrected chi connectivity index (χ0v) is 7.87. The average molecular weight is 184 g/mol. The van der Waals surface area contributed by atoms with Gasteiger partial charge in [-0.15, -0.1) is 0 Å². The van der Waals surface area contributed by atoms with Crippen LogP contribution in [0.4, 0.5) is 0 Å². The third-order valence-electron chi connectivity index (χ3n) is 1.58. The Morgan fingerprint density at radius 1 is 1.75 bits per heavy atom. The van der Waals surface area contributed by atoms with E-state index < -0.39 is 0 Å². The molecule has 1 rings (SSSR count). The summed E-state index contributed by atoms with van der Waals surface area (Å²) < 4.78 is 1.46. The lowest BCUT2D eigenvalue weighted by Crippen LogP contribution is -2.24. The lowest BCUT2D eigenvalue weighted by molar-refractivity contribution is 0.470. The molecule has 1 atom stereocenters. The Bertz CT molecular complexity index is 297. The summed E-state index contributed by atoms with van der Waals surface area (Å²) in [4.78, 5) is 11.1. The molecule has 0 aromatic carbocycles. The van der Waals surface area contributed by atoms with E-state index in [0.29, 0.717) is 12.5 Å². The molecule has 1 aromatic rings. The fourth-order valence-corrected chi connectivity index (χ4v) is 0.993. The summed E-state index contributed by atoms with van der Waals surface area (Å²) >= 11 is 4.14. The molecule has 0 bridgehead atoms. The molecule has 1 heterocycles. The van der Waals surface area contributed by atoms with Crippen LogP contribution in [0.15, 0.2) is 23.1 Å². The molecular formula is C8H12N2OS. The molecule has 1 unspecified atom stereocenters. The largest absolute Gasteiger partial charge is 0.268 e. The SMILES string of the molecule is CC(CS)Cn1ncccc1=O. The lowest BCUT2D eigenvalue weighted by atomic mass is 10.2. The third-order valence-corrected chi connectivity index (χ3v) is 2.20. The molecule has 12 heavy (non-hydrogen) atoms. The Hall–Kier alpha value is -0.770. The molecule has 0 saturated heterocycles. The van der Waals surface area contributed by atoms with E-state index in [0.717, 1.165) is 5.75 Å². The minimum atomic E-state index is -0.0499. The van der Waals surface area contributed by atoms with Gasteiger partial charge in [-0.1, -0.05) is 6.92 Å². The summed E-state index contributed by atoms with van der Waals surface area (Å²) in [6, 6.07) is 3.16. The molecule has 0 amide bonds. The molecule has 4 heteroatoms. The van der Waals surface area contributed by atoms with Crippen LogP contribution in [-0.2, 0) is 6.54 Å². The number of thiol groups is 1. The Labute approximate surface area is 76.8 Å². The van der Waals surface area contributed by atoms with Crippen molar-refractivity contribution in [3.8, 4) is 0 Å². The Balaban J connectivity index is 2.76. The van der Waals surface area contributed by atoms with Crippen molar-refractivity contribution in [2.24, 2.45) is 5.92 Å². The first kappa shape index (κ1) is 9.32. The van der Waals surface area contributed by atoms with Gasteiger partial charge in [0.15, 0.2) is 0 Å². The van der Waals surface area contributed by atoms with E-state index in [1.807, 2.05) is 6.92 Å². The van der Waals surface area contributed by atoms with Crippen LogP contribution in [-0.4, -0.2) is 15.5 Å². The molecule has 0 aliphatic heterocycles. The average Bonchev–Trinajstić information content (AvgIpc) is 2.09. The Kier molecular flexibility index (Phi) is 3.34. The summed E-state index contributed by atoms with van der Waals surface area (Å²) in [6.45, 7) is 2.68. The summed E-state index contributed by atoms with van der Waals surface area (Å²) in [5.74, 6) is 1.14. The monoisotopic (exact) mass is 184 g/mol. The molecular weight excluding hydrogens is 172 g/mol. The third kappa shape index (κ3) is 2.37. The first-order chi connectivity index (χ1) is 5.74. The number of hydrogen-bond acceptors (Lipinski definition) is 3. The van der Waals surface area contributed by atoms with Crippen molar-refractivity contribution in [2.45, 2.75) is 13.5 Å². The fourth-order valence-electron chi connectivity index (χ4n) is 0.877. The van der Waals surface area contributed by atoms with Gasteiger partial charge in [0.1, 0.15) is 0 Å². The van der Waals surface area contributed by atoms with Gasteiger partial charge in [-0.3, -0.25) is 4.79 Å². The van der Waals surface area contributed by atoms with Gasteiger partial charge >= 0.3 is 0 Å². The summed E-state index contributed by atoms with van der Waals surface area (Å²) in [7, 11) is 0. The zero-order chi connectivity index (χ0) is 8.97. The van der Waals surface area contributed by atoms with E-state index in [4.69, 9.17) is 0 Å². The summed E-state index contributed by atoms with van der Waals surface area (Å²) in [5, 5.41) is 3.94. The summed E-state index contributed by atoms with van der Waals surface area (Å²) in [6.07, 6.45) is 1.62. The van der Waals surface area contributed by atoms with E-state index in [-0.39, 0.29) is 5.56 Å². The highest BCUT2D eigenvalue weighted by molar-refractivity contribution is 7.80. The maximum atomic E-state index is 11.1. The molecule has 0 aliphatic carbocycles. The Morgan fingerprint density at radius 2 is 2.50 bits per heavy atom. The second-order valence-electron chi connectivity index (χ2n) is 2.83. The standard InChI is InChI=1S/C8H12N2OS/c1-7(6-12)5-10-8(11)3-2-4-9-10/h2-4,7,12H,5-6H2,1H3. The minimum absolute atomic E-state index is 0.0499. The van der Waals surface area contributed by atoms with Gasteiger partial charge in [0.2, 0.25) is 0 Å². The Morgan fingerprint density at radius 3 is 3.08 bits per heavy atom. The highest BCUT2D eigenvalue weighted by Crippen LogP contribution is 1.98. The van der Waals surface area contributed by atoms with Crippen LogP contribution in [0.25, 0.3) is 0 Å². The molecule has 0 spiro atoms. The predicted octanol–water partition coefficient (Wildman–Crippen LogP) is 0.809. The van der Waals surface area contributed by atoms with Crippen LogP contribution in [0.5, 0.6) is 0 Å². The number of aromatic nitrogens is 2. The van der Waals surface area contributed by atoms with Gasteiger partial charge in [-0.2, -0.15) is 17.7 Å². The molecule has 0 N–H and O–H groups in total. The van der Waals surface area contributed by atoms with Gasteiger partial charge in [-0.25, -0.2) is 4.68 Å². The molecule has 3 nitrogen and oxygen atoms in total. The summed E-state index contributed by atoms with van der Waals surface area (Å²) in [5.41, 5.74) is -0.0499. The van der Waals surface area contributed by atoms with Crippen LogP contribution < -0.4 is 5.56 Å². The molecule has 0 radical (unpaired) electrons. The van der Waals surface area contributed by atoms with Crippen molar-refractivity contribution in [1.82, 2.24) is 9.78 Å². The van der Waals surface area contributed by atoms with E-state index >= 15 is 0 Å². The van der Waals surface area contributed by atoms with Crippen molar-refractivity contribution in [3.05, 3.63) is 28.7 Å². The van der Waals surface area contributed by atoms with Crippen molar-refractivity contribution >= 4 is 12.6 Å². The van der Waals surface area contributed by atoms with Crippen LogP contribution >= 0.6 is 12.6 Å². The van der Waals surface area contributed by atoms with Gasteiger partial charge < -0.3 is 0 Å². The van der Waals surface area contributed by atoms with Gasteiger partial charge in [0.05, 0.1) is 0 Å². The quantitative estimate of drug-likeness (QED) is 0.705. The van der Waals surface area contributed by atoms with E-state index in [2.05, 4.69) is 17.7 Å². The van der Waals surface area contributed by atoms with Crippen molar-refractivity contribution < 1.29 is 0 Å². The maximum absolute atomic E-state index is 11.1. The minimum Gasteiger partial charge on any atom is -0.268 e. The first-order valence-electron chi connectivity index (χ1n) is 3.87. The highest BCUT2D eigenvalue weighted by atomic mass is 32.1. The van der Waals surface area contributed by atoms with Gasteiger partial charge in [-0.05, 0) is 17.7 Å². The fraction of sp³-hybridized carbons (Fsp3) is 0.500. The van der Waals surface area contributed by atoms with Gasteiger partial charge in [0, 0.05) is 18.8 Å². The van der Waals surface area contributed by atoms with Crippen LogP contribution in [0, 0.1) is 5.92 Å². The topological polar surface area (TPSA) is 34.9 Å². The van der Waals surface area contributed by atoms with E-state index in [1.165, 1.54) is 10.7 Å². The number of nitrogens with zero attached hydrogens (tertiary/aromatic N) is 2. The second kappa shape index (κ2) is 4.30. The van der Waals surface area contributed by atoms with Crippen LogP contribution in [0.2, 0.25) is 0 Å². The molecule has 66 valence electrons.